The number of aromatic nitrogens is 2. The van der Waals surface area contributed by atoms with Crippen molar-refractivity contribution in [2.75, 3.05) is 11.9 Å². The van der Waals surface area contributed by atoms with Gasteiger partial charge in [-0.25, -0.2) is 9.55 Å². The molecular formula is C21H28N4O2S. The molecule has 2 aromatic rings. The van der Waals surface area contributed by atoms with Crippen LogP contribution in [0.2, 0.25) is 0 Å². The fraction of sp³-hybridized carbons (Fsp3) is 0.524. The second-order valence-electron chi connectivity index (χ2n) is 7.39. The van der Waals surface area contributed by atoms with Gasteiger partial charge < -0.3 is 10.6 Å². The minimum Gasteiger partial charge on any atom is -0.359 e. The van der Waals surface area contributed by atoms with E-state index in [1.54, 1.807) is 0 Å². The summed E-state index contributed by atoms with van der Waals surface area (Å²) in [7, 11) is 0. The van der Waals surface area contributed by atoms with Crippen molar-refractivity contribution in [3.63, 3.8) is 0 Å². The molecule has 28 heavy (non-hydrogen) atoms. The van der Waals surface area contributed by atoms with Crippen LogP contribution in [0.4, 0.5) is 5.82 Å². The Kier molecular flexibility index (Phi) is 6.78. The molecule has 3 rings (SSSR count). The van der Waals surface area contributed by atoms with Gasteiger partial charge in [0, 0.05) is 18.4 Å². The van der Waals surface area contributed by atoms with Gasteiger partial charge in [-0.05, 0) is 43.1 Å². The van der Waals surface area contributed by atoms with Gasteiger partial charge in [0.2, 0.25) is 10.7 Å². The smallest absolute Gasteiger partial charge is 0.257 e. The van der Waals surface area contributed by atoms with E-state index in [9.17, 15) is 9.59 Å². The maximum atomic E-state index is 12.8. The molecule has 2 heterocycles. The maximum absolute atomic E-state index is 12.8. The van der Waals surface area contributed by atoms with Crippen LogP contribution in [0, 0.1) is 10.7 Å². The molecule has 0 fully saturated rings. The number of amides is 1. The third-order valence-electron chi connectivity index (χ3n) is 5.41. The molecule has 1 amide bonds. The number of fused-ring (bicyclic) bond motifs is 3. The summed E-state index contributed by atoms with van der Waals surface area (Å²) in [4.78, 5) is 29.4. The molecule has 2 atom stereocenters. The molecule has 7 heteroatoms. The zero-order valence-corrected chi connectivity index (χ0v) is 17.3. The van der Waals surface area contributed by atoms with Crippen LogP contribution in [0.25, 0.3) is 10.9 Å². The molecule has 0 saturated carbocycles. The first kappa shape index (κ1) is 20.5. The van der Waals surface area contributed by atoms with Gasteiger partial charge in [-0.15, -0.1) is 0 Å². The zero-order valence-electron chi connectivity index (χ0n) is 16.5. The normalized spacial score (nSPS) is 16.6. The van der Waals surface area contributed by atoms with E-state index in [-0.39, 0.29) is 16.6 Å². The Balaban J connectivity index is 1.59. The summed E-state index contributed by atoms with van der Waals surface area (Å²) in [6, 6.07) is 7.14. The highest BCUT2D eigenvalue weighted by Gasteiger charge is 2.32. The van der Waals surface area contributed by atoms with Crippen LogP contribution in [0.15, 0.2) is 24.3 Å². The number of benzene rings is 1. The molecule has 2 N–H and O–H groups in total. The van der Waals surface area contributed by atoms with Gasteiger partial charge in [0.1, 0.15) is 11.9 Å². The first-order valence-corrected chi connectivity index (χ1v) is 10.5. The number of carbonyl (C=O) groups is 2. The first-order valence-electron chi connectivity index (χ1n) is 10.1. The molecule has 1 aromatic carbocycles. The van der Waals surface area contributed by atoms with Crippen LogP contribution in [-0.4, -0.2) is 34.0 Å². The number of anilines is 1. The Morgan fingerprint density at radius 1 is 1.36 bits per heavy atom. The number of rotatable bonds is 9. The minimum atomic E-state index is -0.456. The van der Waals surface area contributed by atoms with Crippen molar-refractivity contribution in [3.8, 4) is 0 Å². The van der Waals surface area contributed by atoms with Crippen LogP contribution in [-0.2, 0) is 4.79 Å². The summed E-state index contributed by atoms with van der Waals surface area (Å²) in [5, 5.41) is 7.14. The average molecular weight is 401 g/mol. The SMILES string of the molecule is CCCCC(CC)CNC(=O)CCC1Nc2c3ccccc3nc(=S)n2C1=O. The Hall–Kier alpha value is -2.28. The lowest BCUT2D eigenvalue weighted by atomic mass is 9.99. The highest BCUT2D eigenvalue weighted by molar-refractivity contribution is 7.71. The number of carbonyl (C=O) groups excluding carboxylic acids is 2. The van der Waals surface area contributed by atoms with Crippen LogP contribution in [0.5, 0.6) is 0 Å². The van der Waals surface area contributed by atoms with Gasteiger partial charge in [-0.3, -0.25) is 9.59 Å². The molecule has 0 aliphatic carbocycles. The van der Waals surface area contributed by atoms with Crippen LogP contribution in [0.1, 0.15) is 57.2 Å². The summed E-state index contributed by atoms with van der Waals surface area (Å²) in [6.07, 6.45) is 5.31. The molecule has 6 nitrogen and oxygen atoms in total. The number of hydrogen-bond acceptors (Lipinski definition) is 5. The average Bonchev–Trinajstić information content (AvgIpc) is 3.04. The summed E-state index contributed by atoms with van der Waals surface area (Å²) < 4.78 is 1.71. The summed E-state index contributed by atoms with van der Waals surface area (Å²) >= 11 is 5.30. The molecule has 0 spiro atoms. The first-order chi connectivity index (χ1) is 13.5. The van der Waals surface area contributed by atoms with E-state index in [2.05, 4.69) is 29.5 Å². The van der Waals surface area contributed by atoms with Crippen molar-refractivity contribution in [3.05, 3.63) is 29.0 Å². The van der Waals surface area contributed by atoms with E-state index < -0.39 is 6.04 Å². The molecule has 2 unspecified atom stereocenters. The number of nitrogens with one attached hydrogen (secondary N) is 2. The third-order valence-corrected chi connectivity index (χ3v) is 5.68. The fourth-order valence-corrected chi connectivity index (χ4v) is 3.91. The van der Waals surface area contributed by atoms with E-state index >= 15 is 0 Å². The Labute approximate surface area is 170 Å². The number of para-hydroxylation sites is 1. The predicted molar refractivity (Wildman–Crippen MR) is 114 cm³/mol. The van der Waals surface area contributed by atoms with Crippen molar-refractivity contribution >= 4 is 40.8 Å². The molecule has 1 aromatic heterocycles. The minimum absolute atomic E-state index is 0.00733. The molecule has 0 saturated heterocycles. The highest BCUT2D eigenvalue weighted by Crippen LogP contribution is 2.29. The van der Waals surface area contributed by atoms with Gasteiger partial charge in [0.25, 0.3) is 5.91 Å². The van der Waals surface area contributed by atoms with E-state index in [0.717, 1.165) is 23.7 Å². The molecule has 150 valence electrons. The van der Waals surface area contributed by atoms with Gasteiger partial charge in [-0.1, -0.05) is 45.2 Å². The lowest BCUT2D eigenvalue weighted by Crippen LogP contribution is -2.32. The van der Waals surface area contributed by atoms with Crippen molar-refractivity contribution in [2.45, 2.75) is 58.4 Å². The topological polar surface area (TPSA) is 76.0 Å². The van der Waals surface area contributed by atoms with Gasteiger partial charge in [-0.2, -0.15) is 0 Å². The van der Waals surface area contributed by atoms with Crippen molar-refractivity contribution < 1.29 is 9.59 Å². The van der Waals surface area contributed by atoms with E-state index in [1.807, 2.05) is 24.3 Å². The summed E-state index contributed by atoms with van der Waals surface area (Å²) in [6.45, 7) is 5.05. The fourth-order valence-electron chi connectivity index (χ4n) is 3.63. The third kappa shape index (κ3) is 4.41. The number of nitrogens with zero attached hydrogens (tertiary/aromatic N) is 2. The summed E-state index contributed by atoms with van der Waals surface area (Å²) in [5.41, 5.74) is 0.759. The van der Waals surface area contributed by atoms with Crippen LogP contribution in [0.3, 0.4) is 0 Å². The molecule has 0 radical (unpaired) electrons. The van der Waals surface area contributed by atoms with Gasteiger partial charge in [0.15, 0.2) is 0 Å². The molecule has 1 aliphatic heterocycles. The number of unbranched alkanes of at least 4 members (excludes halogenated alkanes) is 1. The second kappa shape index (κ2) is 9.28. The largest absolute Gasteiger partial charge is 0.359 e. The monoisotopic (exact) mass is 400 g/mol. The highest BCUT2D eigenvalue weighted by atomic mass is 32.1. The summed E-state index contributed by atoms with van der Waals surface area (Å²) in [5.74, 6) is 1.05. The number of hydrogen-bond donors (Lipinski definition) is 2. The lowest BCUT2D eigenvalue weighted by Gasteiger charge is -2.15. The Bertz CT molecular complexity index is 924. The molecule has 0 bridgehead atoms. The molecular weight excluding hydrogens is 372 g/mol. The molecule has 1 aliphatic rings. The van der Waals surface area contributed by atoms with E-state index in [4.69, 9.17) is 12.2 Å². The van der Waals surface area contributed by atoms with Gasteiger partial charge in [0.05, 0.1) is 5.52 Å². The van der Waals surface area contributed by atoms with Crippen LogP contribution >= 0.6 is 12.2 Å². The lowest BCUT2D eigenvalue weighted by molar-refractivity contribution is -0.121. The maximum Gasteiger partial charge on any atom is 0.257 e. The van der Waals surface area contributed by atoms with Crippen molar-refractivity contribution in [1.29, 1.82) is 0 Å². The van der Waals surface area contributed by atoms with Crippen LogP contribution < -0.4 is 10.6 Å². The Morgan fingerprint density at radius 3 is 2.89 bits per heavy atom. The second-order valence-corrected chi connectivity index (χ2v) is 7.76. The quantitative estimate of drug-likeness (QED) is 0.613. The van der Waals surface area contributed by atoms with E-state index in [1.165, 1.54) is 17.4 Å². The van der Waals surface area contributed by atoms with E-state index in [0.29, 0.717) is 31.1 Å². The van der Waals surface area contributed by atoms with Crippen molar-refractivity contribution in [1.82, 2.24) is 14.9 Å². The van der Waals surface area contributed by atoms with Crippen molar-refractivity contribution in [2.24, 2.45) is 5.92 Å². The van der Waals surface area contributed by atoms with Gasteiger partial charge >= 0.3 is 0 Å². The Morgan fingerprint density at radius 2 is 2.14 bits per heavy atom. The zero-order chi connectivity index (χ0) is 20.1. The predicted octanol–water partition coefficient (Wildman–Crippen LogP) is 4.31. The standard InChI is InChI=1S/C21H28N4O2S/c1-3-5-8-14(4-2)13-22-18(26)12-11-17-20(27)25-19(23-17)15-9-6-7-10-16(15)24-21(25)28/h6-7,9-10,14,17,23H,3-5,8,11-13H2,1-2H3,(H,22,26).